The van der Waals surface area contributed by atoms with Crippen LogP contribution >= 0.6 is 11.8 Å². The Morgan fingerprint density at radius 3 is 2.59 bits per heavy atom. The predicted octanol–water partition coefficient (Wildman–Crippen LogP) is 7.60. The van der Waals surface area contributed by atoms with E-state index in [-0.39, 0.29) is 5.91 Å². The number of hydrogen-bond donors (Lipinski definition) is 1. The van der Waals surface area contributed by atoms with Crippen molar-refractivity contribution in [1.82, 2.24) is 5.32 Å². The molecule has 4 aromatic carbocycles. The third kappa shape index (κ3) is 5.84. The number of hydrogen-bond acceptors (Lipinski definition) is 4. The van der Waals surface area contributed by atoms with Crippen LogP contribution < -0.4 is 10.1 Å². The van der Waals surface area contributed by atoms with Gasteiger partial charge in [0.25, 0.3) is 5.91 Å². The Bertz CT molecular complexity index is 1510. The summed E-state index contributed by atoms with van der Waals surface area (Å²) < 4.78 is 6.26. The number of rotatable bonds is 8. The van der Waals surface area contributed by atoms with E-state index in [1.807, 2.05) is 48.6 Å². The molecule has 5 heteroatoms. The molecule has 0 radical (unpaired) electrons. The molecule has 0 spiro atoms. The number of ether oxygens (including phenoxy) is 1. The summed E-state index contributed by atoms with van der Waals surface area (Å²) in [7, 11) is 0. The number of nitrogens with one attached hydrogen (secondary N) is 1. The zero-order chi connectivity index (χ0) is 25.6. The number of carbonyl (C=O) groups excluding carboxylic acids is 1. The number of aliphatic imine (C=N–C) groups is 1. The summed E-state index contributed by atoms with van der Waals surface area (Å²) in [5, 5.41) is 5.85. The Morgan fingerprint density at radius 2 is 1.78 bits per heavy atom. The van der Waals surface area contributed by atoms with Crippen LogP contribution in [-0.2, 0) is 24.2 Å². The van der Waals surface area contributed by atoms with Crippen molar-refractivity contribution in [2.75, 3.05) is 0 Å². The van der Waals surface area contributed by atoms with E-state index in [1.165, 1.54) is 28.1 Å². The number of thioether (sulfide) groups is 1. The number of aryl methyl sites for hydroxylation is 1. The summed E-state index contributed by atoms with van der Waals surface area (Å²) >= 11 is 1.35. The monoisotopic (exact) mass is 504 g/mol. The van der Waals surface area contributed by atoms with Crippen LogP contribution in [0, 0.1) is 0 Å². The highest BCUT2D eigenvalue weighted by Gasteiger charge is 2.24. The maximum atomic E-state index is 12.6. The molecule has 0 aliphatic carbocycles. The number of benzene rings is 4. The maximum Gasteiger partial charge on any atom is 0.264 e. The fourth-order valence-corrected chi connectivity index (χ4v) is 5.12. The van der Waals surface area contributed by atoms with Gasteiger partial charge in [0, 0.05) is 0 Å². The largest absolute Gasteiger partial charge is 0.489 e. The molecule has 0 unspecified atom stereocenters. The molecule has 1 amide bonds. The topological polar surface area (TPSA) is 50.7 Å². The maximum absolute atomic E-state index is 12.6. The Hall–Kier alpha value is -4.09. The molecule has 1 N–H and O–H groups in total. The Kier molecular flexibility index (Phi) is 7.52. The van der Waals surface area contributed by atoms with E-state index in [9.17, 15) is 4.79 Å². The van der Waals surface area contributed by atoms with Crippen LogP contribution in [0.4, 0.5) is 5.69 Å². The molecule has 4 nitrogen and oxygen atoms in total. The molecule has 1 saturated heterocycles. The van der Waals surface area contributed by atoms with Crippen molar-refractivity contribution < 1.29 is 9.53 Å². The predicted molar refractivity (Wildman–Crippen MR) is 155 cm³/mol. The molecule has 0 saturated carbocycles. The second-order valence-electron chi connectivity index (χ2n) is 8.79. The molecule has 5 rings (SSSR count). The van der Waals surface area contributed by atoms with E-state index in [0.29, 0.717) is 23.1 Å². The molecule has 184 valence electrons. The van der Waals surface area contributed by atoms with Gasteiger partial charge in [-0.25, -0.2) is 4.99 Å². The van der Waals surface area contributed by atoms with Crippen LogP contribution in [0.2, 0.25) is 0 Å². The fraction of sp³-hybridized carbons (Fsp3) is 0.125. The molecule has 0 atom stereocenters. The average molecular weight is 505 g/mol. The van der Waals surface area contributed by atoms with E-state index < -0.39 is 0 Å². The lowest BCUT2D eigenvalue weighted by atomic mass is 10.0. The number of nitrogens with zero attached hydrogens (tertiary/aromatic N) is 1. The number of allylic oxidation sites excluding steroid dienone is 1. The summed E-state index contributed by atoms with van der Waals surface area (Å²) in [5.74, 6) is 0.673. The van der Waals surface area contributed by atoms with Gasteiger partial charge in [0.2, 0.25) is 0 Å². The first-order chi connectivity index (χ1) is 18.1. The Morgan fingerprint density at radius 1 is 0.973 bits per heavy atom. The molecule has 4 aromatic rings. The summed E-state index contributed by atoms with van der Waals surface area (Å²) in [6, 6.07) is 28.7. The molecule has 1 heterocycles. The van der Waals surface area contributed by atoms with Crippen molar-refractivity contribution in [2.24, 2.45) is 4.99 Å². The number of amides is 1. The second-order valence-corrected chi connectivity index (χ2v) is 9.82. The zero-order valence-corrected chi connectivity index (χ0v) is 21.6. The fourth-order valence-electron chi connectivity index (χ4n) is 4.27. The standard InChI is InChI=1S/C32H28N2O2S/c1-3-8-25-19-23(15-18-29(25)36-21-26-11-7-10-24-9-5-6-12-28(24)26)20-30-31(35)34-32(37-30)33-27-16-13-22(4-2)14-17-27/h3,5-7,9-20H,1,4,8,21H2,2H3,(H,33,34,35)/b30-20-. The van der Waals surface area contributed by atoms with Crippen molar-refractivity contribution in [3.05, 3.63) is 125 Å². The van der Waals surface area contributed by atoms with Gasteiger partial charge < -0.3 is 10.1 Å². The molecule has 0 aromatic heterocycles. The van der Waals surface area contributed by atoms with E-state index in [1.54, 1.807) is 0 Å². The van der Waals surface area contributed by atoms with Crippen molar-refractivity contribution in [3.63, 3.8) is 0 Å². The average Bonchev–Trinajstić information content (AvgIpc) is 3.26. The van der Waals surface area contributed by atoms with Gasteiger partial charge in [0.05, 0.1) is 10.6 Å². The molecule has 1 fully saturated rings. The summed E-state index contributed by atoms with van der Waals surface area (Å²) in [6.45, 7) is 6.50. The lowest BCUT2D eigenvalue weighted by molar-refractivity contribution is -0.115. The minimum Gasteiger partial charge on any atom is -0.489 e. The quantitative estimate of drug-likeness (QED) is 0.199. The van der Waals surface area contributed by atoms with Crippen molar-refractivity contribution in [2.45, 2.75) is 26.4 Å². The van der Waals surface area contributed by atoms with Crippen LogP contribution in [0.25, 0.3) is 16.8 Å². The van der Waals surface area contributed by atoms with Crippen molar-refractivity contribution in [3.8, 4) is 5.75 Å². The normalized spacial score (nSPS) is 15.3. The number of carbonyl (C=O) groups is 1. The molecular formula is C32H28N2O2S. The third-order valence-electron chi connectivity index (χ3n) is 6.24. The van der Waals surface area contributed by atoms with Crippen LogP contribution in [0.15, 0.2) is 107 Å². The van der Waals surface area contributed by atoms with Gasteiger partial charge in [0.15, 0.2) is 5.17 Å². The van der Waals surface area contributed by atoms with Crippen molar-refractivity contribution >= 4 is 45.4 Å². The molecule has 0 bridgehead atoms. The lowest BCUT2D eigenvalue weighted by Crippen LogP contribution is -2.19. The van der Waals surface area contributed by atoms with Crippen LogP contribution in [0.3, 0.4) is 0 Å². The summed E-state index contributed by atoms with van der Waals surface area (Å²) in [5.41, 5.74) is 5.18. The van der Waals surface area contributed by atoms with Gasteiger partial charge in [-0.3, -0.25) is 4.79 Å². The van der Waals surface area contributed by atoms with Crippen LogP contribution in [-0.4, -0.2) is 11.1 Å². The van der Waals surface area contributed by atoms with E-state index >= 15 is 0 Å². The highest BCUT2D eigenvalue weighted by Crippen LogP contribution is 2.30. The minimum absolute atomic E-state index is 0.143. The first-order valence-corrected chi connectivity index (χ1v) is 13.2. The van der Waals surface area contributed by atoms with Gasteiger partial charge in [-0.1, -0.05) is 73.7 Å². The molecule has 1 aliphatic rings. The highest BCUT2D eigenvalue weighted by molar-refractivity contribution is 8.18. The van der Waals surface area contributed by atoms with Crippen LogP contribution in [0.5, 0.6) is 5.75 Å². The van der Waals surface area contributed by atoms with Gasteiger partial charge in [-0.2, -0.15) is 0 Å². The SMILES string of the molecule is C=CCc1cc(/C=C2\SC(=Nc3ccc(CC)cc3)NC2=O)ccc1OCc1cccc2ccccc12. The molecule has 1 aliphatic heterocycles. The highest BCUT2D eigenvalue weighted by atomic mass is 32.2. The van der Waals surface area contributed by atoms with Gasteiger partial charge >= 0.3 is 0 Å². The summed E-state index contributed by atoms with van der Waals surface area (Å²) in [6.07, 6.45) is 5.41. The smallest absolute Gasteiger partial charge is 0.264 e. The Balaban J connectivity index is 1.33. The second kappa shape index (κ2) is 11.3. The van der Waals surface area contributed by atoms with E-state index in [4.69, 9.17) is 4.74 Å². The van der Waals surface area contributed by atoms with Crippen LogP contribution in [0.1, 0.15) is 29.2 Å². The summed E-state index contributed by atoms with van der Waals surface area (Å²) in [4.78, 5) is 17.8. The first kappa shape index (κ1) is 24.6. The molecular weight excluding hydrogens is 476 g/mol. The first-order valence-electron chi connectivity index (χ1n) is 12.3. The van der Waals surface area contributed by atoms with E-state index in [2.05, 4.69) is 72.3 Å². The third-order valence-corrected chi connectivity index (χ3v) is 7.15. The van der Waals surface area contributed by atoms with Gasteiger partial charge in [-0.05, 0) is 88.0 Å². The van der Waals surface area contributed by atoms with Gasteiger partial charge in [0.1, 0.15) is 12.4 Å². The Labute approximate surface area is 221 Å². The van der Waals surface area contributed by atoms with Gasteiger partial charge in [-0.15, -0.1) is 6.58 Å². The van der Waals surface area contributed by atoms with E-state index in [0.717, 1.165) is 34.5 Å². The number of fused-ring (bicyclic) bond motifs is 1. The zero-order valence-electron chi connectivity index (χ0n) is 20.7. The minimum atomic E-state index is -0.143. The van der Waals surface area contributed by atoms with Crippen molar-refractivity contribution in [1.29, 1.82) is 0 Å². The lowest BCUT2D eigenvalue weighted by Gasteiger charge is -2.13. The number of amidine groups is 1. The molecule has 37 heavy (non-hydrogen) atoms.